The Balaban J connectivity index is 2.76. The van der Waals surface area contributed by atoms with E-state index in [0.29, 0.717) is 5.69 Å². The van der Waals surface area contributed by atoms with Crippen LogP contribution in [0.4, 0.5) is 11.4 Å². The standard InChI is InChI=1S/C13H19N3O4/c1-13(2,3)14-8-12(17)15-9-5-6-11(20-4)10(7-9)16(18)19/h5-7,14H,8H2,1-4H3,(H,15,17). The highest BCUT2D eigenvalue weighted by Gasteiger charge is 2.16. The second-order valence-electron chi connectivity index (χ2n) is 5.30. The Morgan fingerprint density at radius 3 is 2.55 bits per heavy atom. The van der Waals surface area contributed by atoms with Crippen molar-refractivity contribution in [3.63, 3.8) is 0 Å². The summed E-state index contributed by atoms with van der Waals surface area (Å²) in [5.41, 5.74) is -0.00392. The first-order valence-electron chi connectivity index (χ1n) is 6.10. The van der Waals surface area contributed by atoms with Gasteiger partial charge >= 0.3 is 5.69 Å². The van der Waals surface area contributed by atoms with Crippen LogP contribution in [0, 0.1) is 10.1 Å². The molecule has 0 radical (unpaired) electrons. The maximum Gasteiger partial charge on any atom is 0.312 e. The molecule has 0 aliphatic carbocycles. The van der Waals surface area contributed by atoms with E-state index >= 15 is 0 Å². The zero-order valence-electron chi connectivity index (χ0n) is 12.0. The van der Waals surface area contributed by atoms with Gasteiger partial charge in [0.15, 0.2) is 5.75 Å². The number of anilines is 1. The molecule has 0 spiro atoms. The Labute approximate surface area is 117 Å². The number of nitro benzene ring substituents is 1. The van der Waals surface area contributed by atoms with Crippen molar-refractivity contribution in [2.24, 2.45) is 0 Å². The highest BCUT2D eigenvalue weighted by molar-refractivity contribution is 5.92. The summed E-state index contributed by atoms with van der Waals surface area (Å²) in [6.07, 6.45) is 0. The van der Waals surface area contributed by atoms with Gasteiger partial charge < -0.3 is 15.4 Å². The molecular weight excluding hydrogens is 262 g/mol. The summed E-state index contributed by atoms with van der Waals surface area (Å²) < 4.78 is 4.89. The van der Waals surface area contributed by atoms with Crippen LogP contribution in [0.25, 0.3) is 0 Å². The largest absolute Gasteiger partial charge is 0.490 e. The van der Waals surface area contributed by atoms with Gasteiger partial charge in [0, 0.05) is 17.3 Å². The fourth-order valence-electron chi connectivity index (χ4n) is 1.46. The molecule has 0 aliphatic heterocycles. The fraction of sp³-hybridized carbons (Fsp3) is 0.462. The van der Waals surface area contributed by atoms with Crippen LogP contribution < -0.4 is 15.4 Å². The van der Waals surface area contributed by atoms with E-state index in [0.717, 1.165) is 0 Å². The lowest BCUT2D eigenvalue weighted by Gasteiger charge is -2.20. The zero-order valence-corrected chi connectivity index (χ0v) is 12.0. The Morgan fingerprint density at radius 2 is 2.05 bits per heavy atom. The van der Waals surface area contributed by atoms with E-state index in [1.54, 1.807) is 6.07 Å². The minimum atomic E-state index is -0.554. The summed E-state index contributed by atoms with van der Waals surface area (Å²) in [6, 6.07) is 4.28. The van der Waals surface area contributed by atoms with Crippen LogP contribution in [0.5, 0.6) is 5.75 Å². The number of carbonyl (C=O) groups excluding carboxylic acids is 1. The molecule has 0 bridgehead atoms. The lowest BCUT2D eigenvalue weighted by Crippen LogP contribution is -2.41. The second-order valence-corrected chi connectivity index (χ2v) is 5.30. The highest BCUT2D eigenvalue weighted by Crippen LogP contribution is 2.29. The van der Waals surface area contributed by atoms with Crippen molar-refractivity contribution in [3.8, 4) is 5.75 Å². The molecule has 0 saturated carbocycles. The quantitative estimate of drug-likeness (QED) is 0.635. The topological polar surface area (TPSA) is 93.5 Å². The molecule has 1 rings (SSSR count). The Bertz CT molecular complexity index is 509. The average Bonchev–Trinajstić information content (AvgIpc) is 2.35. The van der Waals surface area contributed by atoms with Crippen molar-refractivity contribution in [1.29, 1.82) is 0 Å². The number of benzene rings is 1. The maximum absolute atomic E-state index is 11.7. The van der Waals surface area contributed by atoms with Crippen molar-refractivity contribution >= 4 is 17.3 Å². The molecule has 2 N–H and O–H groups in total. The van der Waals surface area contributed by atoms with Crippen LogP contribution in [0.15, 0.2) is 18.2 Å². The Morgan fingerprint density at radius 1 is 1.40 bits per heavy atom. The van der Waals surface area contributed by atoms with Gasteiger partial charge in [-0.3, -0.25) is 14.9 Å². The van der Waals surface area contributed by atoms with Gasteiger partial charge in [0.2, 0.25) is 5.91 Å². The number of rotatable bonds is 5. The minimum Gasteiger partial charge on any atom is -0.490 e. The SMILES string of the molecule is COc1ccc(NC(=O)CNC(C)(C)C)cc1[N+](=O)[O-]. The molecule has 0 heterocycles. The first-order valence-corrected chi connectivity index (χ1v) is 6.10. The molecule has 7 heteroatoms. The third-order valence-electron chi connectivity index (χ3n) is 2.44. The van der Waals surface area contributed by atoms with Gasteiger partial charge in [0.1, 0.15) is 0 Å². The van der Waals surface area contributed by atoms with Crippen LogP contribution >= 0.6 is 0 Å². The fourth-order valence-corrected chi connectivity index (χ4v) is 1.46. The molecule has 0 aliphatic rings. The number of hydrogen-bond donors (Lipinski definition) is 2. The van der Waals surface area contributed by atoms with Gasteiger partial charge in [0.05, 0.1) is 18.6 Å². The van der Waals surface area contributed by atoms with Gasteiger partial charge in [-0.2, -0.15) is 0 Å². The third-order valence-corrected chi connectivity index (χ3v) is 2.44. The number of nitro groups is 1. The summed E-state index contributed by atoms with van der Waals surface area (Å²) in [5, 5.41) is 16.5. The van der Waals surface area contributed by atoms with Crippen LogP contribution in [0.3, 0.4) is 0 Å². The summed E-state index contributed by atoms with van der Waals surface area (Å²) in [5.74, 6) is -0.111. The predicted molar refractivity (Wildman–Crippen MR) is 76.0 cm³/mol. The van der Waals surface area contributed by atoms with Crippen molar-refractivity contribution in [1.82, 2.24) is 5.32 Å². The summed E-state index contributed by atoms with van der Waals surface area (Å²) in [7, 11) is 1.35. The van der Waals surface area contributed by atoms with E-state index < -0.39 is 4.92 Å². The number of hydrogen-bond acceptors (Lipinski definition) is 5. The number of methoxy groups -OCH3 is 1. The molecule has 0 fully saturated rings. The number of carbonyl (C=O) groups is 1. The third kappa shape index (κ3) is 4.85. The van der Waals surface area contributed by atoms with Crippen LogP contribution in [-0.2, 0) is 4.79 Å². The molecular formula is C13H19N3O4. The first-order chi connectivity index (χ1) is 9.23. The molecule has 7 nitrogen and oxygen atoms in total. The monoisotopic (exact) mass is 281 g/mol. The molecule has 1 aromatic rings. The summed E-state index contributed by atoms with van der Waals surface area (Å²) >= 11 is 0. The predicted octanol–water partition coefficient (Wildman–Crippen LogP) is 1.93. The van der Waals surface area contributed by atoms with Gasteiger partial charge in [0.25, 0.3) is 0 Å². The van der Waals surface area contributed by atoms with Crippen molar-refractivity contribution < 1.29 is 14.5 Å². The van der Waals surface area contributed by atoms with E-state index in [1.165, 1.54) is 19.2 Å². The maximum atomic E-state index is 11.7. The number of ether oxygens (including phenoxy) is 1. The number of amides is 1. The van der Waals surface area contributed by atoms with E-state index in [4.69, 9.17) is 4.74 Å². The van der Waals surface area contributed by atoms with Crippen LogP contribution in [-0.4, -0.2) is 30.0 Å². The van der Waals surface area contributed by atoms with E-state index in [9.17, 15) is 14.9 Å². The Hall–Kier alpha value is -2.15. The first kappa shape index (κ1) is 15.9. The van der Waals surface area contributed by atoms with E-state index in [1.807, 2.05) is 20.8 Å². The van der Waals surface area contributed by atoms with E-state index in [2.05, 4.69) is 10.6 Å². The summed E-state index contributed by atoms with van der Waals surface area (Å²) in [6.45, 7) is 5.96. The minimum absolute atomic E-state index is 0.128. The average molecular weight is 281 g/mol. The molecule has 0 unspecified atom stereocenters. The van der Waals surface area contributed by atoms with Gasteiger partial charge in [-0.1, -0.05) is 0 Å². The zero-order chi connectivity index (χ0) is 15.3. The number of nitrogens with one attached hydrogen (secondary N) is 2. The van der Waals surface area contributed by atoms with Crippen LogP contribution in [0.1, 0.15) is 20.8 Å². The molecule has 1 aromatic carbocycles. The second kappa shape index (κ2) is 6.33. The summed E-state index contributed by atoms with van der Waals surface area (Å²) in [4.78, 5) is 22.0. The van der Waals surface area contributed by atoms with Gasteiger partial charge in [-0.15, -0.1) is 0 Å². The molecule has 1 amide bonds. The highest BCUT2D eigenvalue weighted by atomic mass is 16.6. The van der Waals surface area contributed by atoms with Gasteiger partial charge in [-0.25, -0.2) is 0 Å². The molecule has 0 atom stereocenters. The molecule has 20 heavy (non-hydrogen) atoms. The molecule has 110 valence electrons. The molecule has 0 saturated heterocycles. The lowest BCUT2D eigenvalue weighted by molar-refractivity contribution is -0.385. The lowest BCUT2D eigenvalue weighted by atomic mass is 10.1. The molecule has 0 aromatic heterocycles. The normalized spacial score (nSPS) is 11.0. The number of nitrogens with zero attached hydrogens (tertiary/aromatic N) is 1. The Kier molecular flexibility index (Phi) is 5.04. The van der Waals surface area contributed by atoms with Crippen molar-refractivity contribution in [2.45, 2.75) is 26.3 Å². The smallest absolute Gasteiger partial charge is 0.312 e. The van der Waals surface area contributed by atoms with Crippen LogP contribution in [0.2, 0.25) is 0 Å². The van der Waals surface area contributed by atoms with Crippen molar-refractivity contribution in [3.05, 3.63) is 28.3 Å². The van der Waals surface area contributed by atoms with Gasteiger partial charge in [-0.05, 0) is 32.9 Å². The van der Waals surface area contributed by atoms with Crippen molar-refractivity contribution in [2.75, 3.05) is 19.0 Å². The van der Waals surface area contributed by atoms with E-state index in [-0.39, 0.29) is 29.4 Å².